The standard InChI is InChI=1S/C11H11BrFN3O2S/c12-10-3-2-9(8-11(10)13)19(17,18)15-5-7-16-6-1-4-14-16/h1-4,6,8,15H,5,7H2. The molecule has 1 aromatic heterocycles. The second kappa shape index (κ2) is 5.81. The quantitative estimate of drug-likeness (QED) is 0.896. The molecule has 0 aliphatic carbocycles. The van der Waals surface area contributed by atoms with Gasteiger partial charge in [0.2, 0.25) is 10.0 Å². The number of nitrogens with zero attached hydrogens (tertiary/aromatic N) is 2. The van der Waals surface area contributed by atoms with Gasteiger partial charge in [0.1, 0.15) is 5.82 Å². The van der Waals surface area contributed by atoms with Gasteiger partial charge in [-0.1, -0.05) is 0 Å². The van der Waals surface area contributed by atoms with Crippen LogP contribution < -0.4 is 4.72 Å². The summed E-state index contributed by atoms with van der Waals surface area (Å²) in [6.45, 7) is 0.590. The van der Waals surface area contributed by atoms with Crippen LogP contribution in [0.4, 0.5) is 4.39 Å². The van der Waals surface area contributed by atoms with Crippen LogP contribution in [0.5, 0.6) is 0 Å². The van der Waals surface area contributed by atoms with Crippen molar-refractivity contribution in [1.82, 2.24) is 14.5 Å². The topological polar surface area (TPSA) is 64.0 Å². The monoisotopic (exact) mass is 347 g/mol. The van der Waals surface area contributed by atoms with Crippen LogP contribution in [0.25, 0.3) is 0 Å². The molecular weight excluding hydrogens is 337 g/mol. The molecule has 0 fully saturated rings. The van der Waals surface area contributed by atoms with Crippen molar-refractivity contribution in [2.45, 2.75) is 11.4 Å². The third kappa shape index (κ3) is 3.62. The molecule has 0 amide bonds. The van der Waals surface area contributed by atoms with Crippen molar-refractivity contribution in [1.29, 1.82) is 0 Å². The van der Waals surface area contributed by atoms with Crippen LogP contribution in [-0.2, 0) is 16.6 Å². The van der Waals surface area contributed by atoms with E-state index in [1.54, 1.807) is 23.1 Å². The van der Waals surface area contributed by atoms with E-state index in [4.69, 9.17) is 0 Å². The minimum absolute atomic E-state index is 0.103. The largest absolute Gasteiger partial charge is 0.271 e. The lowest BCUT2D eigenvalue weighted by Crippen LogP contribution is -2.27. The first-order valence-corrected chi connectivity index (χ1v) is 7.69. The van der Waals surface area contributed by atoms with E-state index < -0.39 is 15.8 Å². The molecule has 0 spiro atoms. The van der Waals surface area contributed by atoms with Gasteiger partial charge in [0, 0.05) is 18.9 Å². The molecule has 8 heteroatoms. The molecule has 2 rings (SSSR count). The average Bonchev–Trinajstić information content (AvgIpc) is 2.85. The van der Waals surface area contributed by atoms with Crippen LogP contribution in [0, 0.1) is 5.82 Å². The van der Waals surface area contributed by atoms with E-state index in [0.717, 1.165) is 6.07 Å². The molecule has 0 aliphatic heterocycles. The Morgan fingerprint density at radius 3 is 2.84 bits per heavy atom. The molecule has 19 heavy (non-hydrogen) atoms. The number of benzene rings is 1. The normalized spacial score (nSPS) is 11.7. The van der Waals surface area contributed by atoms with Crippen molar-refractivity contribution in [2.24, 2.45) is 0 Å². The fourth-order valence-electron chi connectivity index (χ4n) is 1.45. The molecule has 0 bridgehead atoms. The maximum Gasteiger partial charge on any atom is 0.240 e. The Bertz CT molecular complexity index is 659. The summed E-state index contributed by atoms with van der Waals surface area (Å²) in [7, 11) is -3.70. The zero-order valence-corrected chi connectivity index (χ0v) is 12.2. The van der Waals surface area contributed by atoms with Crippen molar-refractivity contribution in [3.05, 3.63) is 46.9 Å². The van der Waals surface area contributed by atoms with E-state index in [1.807, 2.05) is 0 Å². The fourth-order valence-corrected chi connectivity index (χ4v) is 2.73. The van der Waals surface area contributed by atoms with Crippen molar-refractivity contribution in [3.8, 4) is 0 Å². The molecule has 1 N–H and O–H groups in total. The molecule has 0 saturated carbocycles. The minimum atomic E-state index is -3.70. The highest BCUT2D eigenvalue weighted by molar-refractivity contribution is 9.10. The highest BCUT2D eigenvalue weighted by Gasteiger charge is 2.15. The molecule has 0 radical (unpaired) electrons. The smallest absolute Gasteiger partial charge is 0.240 e. The summed E-state index contributed by atoms with van der Waals surface area (Å²) in [5.74, 6) is -0.616. The molecule has 1 aromatic carbocycles. The first-order valence-electron chi connectivity index (χ1n) is 5.41. The number of hydrogen-bond acceptors (Lipinski definition) is 3. The summed E-state index contributed by atoms with van der Waals surface area (Å²) in [6.07, 6.45) is 3.34. The lowest BCUT2D eigenvalue weighted by atomic mass is 10.3. The number of halogens is 2. The van der Waals surface area contributed by atoms with E-state index in [1.165, 1.54) is 12.1 Å². The van der Waals surface area contributed by atoms with Gasteiger partial charge < -0.3 is 0 Å². The second-order valence-electron chi connectivity index (χ2n) is 3.74. The van der Waals surface area contributed by atoms with Crippen molar-refractivity contribution < 1.29 is 12.8 Å². The summed E-state index contributed by atoms with van der Waals surface area (Å²) in [4.78, 5) is -0.103. The van der Waals surface area contributed by atoms with Gasteiger partial charge in [-0.15, -0.1) is 0 Å². The van der Waals surface area contributed by atoms with Gasteiger partial charge in [0.25, 0.3) is 0 Å². The Balaban J connectivity index is 2.03. The second-order valence-corrected chi connectivity index (χ2v) is 6.36. The molecule has 2 aromatic rings. The molecule has 102 valence electrons. The molecule has 1 heterocycles. The SMILES string of the molecule is O=S(=O)(NCCn1cccn1)c1ccc(Br)c(F)c1. The molecule has 0 unspecified atom stereocenters. The van der Waals surface area contributed by atoms with E-state index in [2.05, 4.69) is 25.8 Å². The summed E-state index contributed by atoms with van der Waals surface area (Å²) >= 11 is 2.97. The van der Waals surface area contributed by atoms with Gasteiger partial charge >= 0.3 is 0 Å². The number of nitrogens with one attached hydrogen (secondary N) is 1. The minimum Gasteiger partial charge on any atom is -0.271 e. The van der Waals surface area contributed by atoms with Crippen LogP contribution in [0.3, 0.4) is 0 Å². The van der Waals surface area contributed by atoms with Crippen molar-refractivity contribution in [3.63, 3.8) is 0 Å². The van der Waals surface area contributed by atoms with Crippen LogP contribution in [0.15, 0.2) is 46.0 Å². The van der Waals surface area contributed by atoms with E-state index in [0.29, 0.717) is 6.54 Å². The van der Waals surface area contributed by atoms with Crippen LogP contribution in [-0.4, -0.2) is 24.7 Å². The summed E-state index contributed by atoms with van der Waals surface area (Å²) in [5.41, 5.74) is 0. The van der Waals surface area contributed by atoms with Gasteiger partial charge in [-0.25, -0.2) is 17.5 Å². The zero-order chi connectivity index (χ0) is 13.9. The number of sulfonamides is 1. The zero-order valence-electron chi connectivity index (χ0n) is 9.75. The van der Waals surface area contributed by atoms with Gasteiger partial charge in [0.05, 0.1) is 15.9 Å². The highest BCUT2D eigenvalue weighted by Crippen LogP contribution is 2.19. The van der Waals surface area contributed by atoms with Gasteiger partial charge in [-0.05, 0) is 40.2 Å². The maximum atomic E-state index is 13.3. The van der Waals surface area contributed by atoms with Gasteiger partial charge in [0.15, 0.2) is 0 Å². The summed E-state index contributed by atoms with van der Waals surface area (Å²) < 4.78 is 41.3. The maximum absolute atomic E-state index is 13.3. The highest BCUT2D eigenvalue weighted by atomic mass is 79.9. The number of rotatable bonds is 5. The summed E-state index contributed by atoms with van der Waals surface area (Å²) in [5, 5.41) is 3.95. The van der Waals surface area contributed by atoms with E-state index >= 15 is 0 Å². The molecule has 0 aliphatic rings. The van der Waals surface area contributed by atoms with Crippen LogP contribution >= 0.6 is 15.9 Å². The first-order chi connectivity index (χ1) is 8.99. The Labute approximate surface area is 118 Å². The Morgan fingerprint density at radius 2 is 2.21 bits per heavy atom. The van der Waals surface area contributed by atoms with Crippen LogP contribution in [0.2, 0.25) is 0 Å². The molecule has 0 saturated heterocycles. The Hall–Kier alpha value is -1.25. The lowest BCUT2D eigenvalue weighted by Gasteiger charge is -2.07. The molecule has 5 nitrogen and oxygen atoms in total. The fraction of sp³-hybridized carbons (Fsp3) is 0.182. The Kier molecular flexibility index (Phi) is 4.33. The average molecular weight is 348 g/mol. The van der Waals surface area contributed by atoms with E-state index in [9.17, 15) is 12.8 Å². The number of aromatic nitrogens is 2. The van der Waals surface area contributed by atoms with Crippen LogP contribution in [0.1, 0.15) is 0 Å². The Morgan fingerprint density at radius 1 is 1.42 bits per heavy atom. The molecular formula is C11H11BrFN3O2S. The third-order valence-electron chi connectivity index (χ3n) is 2.39. The van der Waals surface area contributed by atoms with Gasteiger partial charge in [-0.3, -0.25) is 4.68 Å². The van der Waals surface area contributed by atoms with Crippen molar-refractivity contribution in [2.75, 3.05) is 6.54 Å². The summed E-state index contributed by atoms with van der Waals surface area (Å²) in [6, 6.07) is 5.42. The molecule has 0 atom stereocenters. The first kappa shape index (κ1) is 14.2. The predicted molar refractivity (Wildman–Crippen MR) is 71.5 cm³/mol. The van der Waals surface area contributed by atoms with Gasteiger partial charge in [-0.2, -0.15) is 5.10 Å². The number of hydrogen-bond donors (Lipinski definition) is 1. The van der Waals surface area contributed by atoms with E-state index in [-0.39, 0.29) is 15.9 Å². The van der Waals surface area contributed by atoms with Crippen molar-refractivity contribution >= 4 is 26.0 Å². The third-order valence-corrected chi connectivity index (χ3v) is 4.50. The predicted octanol–water partition coefficient (Wildman–Crippen LogP) is 1.76. The lowest BCUT2D eigenvalue weighted by molar-refractivity contribution is 0.558.